The zero-order valence-electron chi connectivity index (χ0n) is 7.33. The van der Waals surface area contributed by atoms with Crippen molar-refractivity contribution in [2.75, 3.05) is 19.7 Å². The first-order valence-electron chi connectivity index (χ1n) is 4.70. The summed E-state index contributed by atoms with van der Waals surface area (Å²) in [4.78, 5) is 0. The maximum absolute atomic E-state index is 9.03. The SMILES string of the molecule is Cl.OCC1CC2CNCC(C1)C2. The molecule has 0 spiro atoms. The van der Waals surface area contributed by atoms with E-state index < -0.39 is 0 Å². The van der Waals surface area contributed by atoms with E-state index in [4.69, 9.17) is 5.11 Å². The summed E-state index contributed by atoms with van der Waals surface area (Å²) in [5.74, 6) is 2.33. The van der Waals surface area contributed by atoms with Gasteiger partial charge >= 0.3 is 0 Å². The molecule has 1 saturated carbocycles. The lowest BCUT2D eigenvalue weighted by molar-refractivity contribution is 0.103. The van der Waals surface area contributed by atoms with E-state index >= 15 is 0 Å². The molecule has 2 N–H and O–H groups in total. The first-order chi connectivity index (χ1) is 5.38. The Kier molecular flexibility index (Phi) is 3.81. The molecule has 1 saturated heterocycles. The topological polar surface area (TPSA) is 32.3 Å². The van der Waals surface area contributed by atoms with Gasteiger partial charge in [0.25, 0.3) is 0 Å². The fourth-order valence-electron chi connectivity index (χ4n) is 2.68. The number of nitrogens with one attached hydrogen (secondary N) is 1. The van der Waals surface area contributed by atoms with E-state index in [0.29, 0.717) is 12.5 Å². The highest BCUT2D eigenvalue weighted by Gasteiger charge is 2.30. The van der Waals surface area contributed by atoms with Crippen LogP contribution in [0.1, 0.15) is 19.3 Å². The van der Waals surface area contributed by atoms with Crippen LogP contribution in [0.5, 0.6) is 0 Å². The smallest absolute Gasteiger partial charge is 0.0459 e. The zero-order valence-corrected chi connectivity index (χ0v) is 8.15. The van der Waals surface area contributed by atoms with Gasteiger partial charge in [-0.1, -0.05) is 0 Å². The third kappa shape index (κ3) is 2.12. The van der Waals surface area contributed by atoms with Crippen molar-refractivity contribution in [1.29, 1.82) is 0 Å². The minimum Gasteiger partial charge on any atom is -0.396 e. The van der Waals surface area contributed by atoms with E-state index in [2.05, 4.69) is 5.32 Å². The molecule has 0 aromatic rings. The highest BCUT2D eigenvalue weighted by Crippen LogP contribution is 2.34. The van der Waals surface area contributed by atoms with Crippen molar-refractivity contribution >= 4 is 12.4 Å². The van der Waals surface area contributed by atoms with Gasteiger partial charge in [0, 0.05) is 6.61 Å². The summed E-state index contributed by atoms with van der Waals surface area (Å²) in [7, 11) is 0. The average Bonchev–Trinajstić information content (AvgIpc) is 2.03. The first-order valence-corrected chi connectivity index (χ1v) is 4.70. The second-order valence-corrected chi connectivity index (χ2v) is 4.15. The number of fused-ring (bicyclic) bond motifs is 2. The lowest BCUT2D eigenvalue weighted by atomic mass is 9.73. The van der Waals surface area contributed by atoms with Gasteiger partial charge in [-0.3, -0.25) is 0 Å². The van der Waals surface area contributed by atoms with Crippen LogP contribution >= 0.6 is 12.4 Å². The zero-order chi connectivity index (χ0) is 7.68. The van der Waals surface area contributed by atoms with E-state index in [1.165, 1.54) is 32.4 Å². The highest BCUT2D eigenvalue weighted by atomic mass is 35.5. The number of aliphatic hydroxyl groups excluding tert-OH is 1. The fraction of sp³-hybridized carbons (Fsp3) is 1.00. The maximum atomic E-state index is 9.03. The molecule has 0 aromatic heterocycles. The maximum Gasteiger partial charge on any atom is 0.0459 e. The summed E-state index contributed by atoms with van der Waals surface area (Å²) in [6.07, 6.45) is 3.91. The Morgan fingerprint density at radius 3 is 2.17 bits per heavy atom. The Morgan fingerprint density at radius 2 is 1.67 bits per heavy atom. The Hall–Kier alpha value is 0.210. The molecule has 1 aliphatic carbocycles. The van der Waals surface area contributed by atoms with Crippen LogP contribution in [-0.4, -0.2) is 24.8 Å². The van der Waals surface area contributed by atoms with Crippen LogP contribution in [0.25, 0.3) is 0 Å². The number of rotatable bonds is 1. The molecule has 72 valence electrons. The molecule has 0 amide bonds. The minimum absolute atomic E-state index is 0. The van der Waals surface area contributed by atoms with Crippen LogP contribution in [0.3, 0.4) is 0 Å². The molecule has 0 aromatic carbocycles. The van der Waals surface area contributed by atoms with E-state index in [-0.39, 0.29) is 12.4 Å². The van der Waals surface area contributed by atoms with Gasteiger partial charge in [0.1, 0.15) is 0 Å². The quantitative estimate of drug-likeness (QED) is 0.649. The van der Waals surface area contributed by atoms with E-state index in [1.54, 1.807) is 0 Å². The molecule has 2 nitrogen and oxygen atoms in total. The average molecular weight is 192 g/mol. The molecule has 12 heavy (non-hydrogen) atoms. The number of hydrogen-bond donors (Lipinski definition) is 2. The Balaban J connectivity index is 0.000000720. The van der Waals surface area contributed by atoms with Gasteiger partial charge in [-0.15, -0.1) is 12.4 Å². The number of aliphatic hydroxyl groups is 1. The second-order valence-electron chi connectivity index (χ2n) is 4.15. The van der Waals surface area contributed by atoms with Crippen LogP contribution in [0.2, 0.25) is 0 Å². The van der Waals surface area contributed by atoms with E-state index in [0.717, 1.165) is 11.8 Å². The largest absolute Gasteiger partial charge is 0.396 e. The van der Waals surface area contributed by atoms with Crippen LogP contribution in [0.15, 0.2) is 0 Å². The van der Waals surface area contributed by atoms with Gasteiger partial charge in [-0.25, -0.2) is 0 Å². The molecule has 2 bridgehead atoms. The number of halogens is 1. The first kappa shape index (κ1) is 10.3. The Morgan fingerprint density at radius 1 is 1.08 bits per heavy atom. The highest BCUT2D eigenvalue weighted by molar-refractivity contribution is 5.85. The normalized spacial score (nSPS) is 40.2. The molecule has 2 rings (SSSR count). The predicted octanol–water partition coefficient (Wildman–Crippen LogP) is 1.04. The molecule has 3 heteroatoms. The second kappa shape index (κ2) is 4.45. The fourth-order valence-corrected chi connectivity index (χ4v) is 2.68. The van der Waals surface area contributed by atoms with Crippen LogP contribution in [-0.2, 0) is 0 Å². The van der Waals surface area contributed by atoms with E-state index in [1.807, 2.05) is 0 Å². The molecule has 2 atom stereocenters. The Bertz CT molecular complexity index is 130. The number of hydrogen-bond acceptors (Lipinski definition) is 2. The van der Waals surface area contributed by atoms with E-state index in [9.17, 15) is 0 Å². The summed E-state index contributed by atoms with van der Waals surface area (Å²) in [5.41, 5.74) is 0. The summed E-state index contributed by atoms with van der Waals surface area (Å²) in [6.45, 7) is 2.78. The van der Waals surface area contributed by atoms with Crippen molar-refractivity contribution in [2.24, 2.45) is 17.8 Å². The summed E-state index contributed by atoms with van der Waals surface area (Å²) >= 11 is 0. The molecule has 2 fully saturated rings. The third-order valence-corrected chi connectivity index (χ3v) is 3.12. The van der Waals surface area contributed by atoms with Gasteiger partial charge in [-0.05, 0) is 50.1 Å². The minimum atomic E-state index is 0. The van der Waals surface area contributed by atoms with Crippen LogP contribution < -0.4 is 5.32 Å². The van der Waals surface area contributed by atoms with Gasteiger partial charge in [0.2, 0.25) is 0 Å². The summed E-state index contributed by atoms with van der Waals surface area (Å²) in [6, 6.07) is 0. The van der Waals surface area contributed by atoms with Gasteiger partial charge < -0.3 is 10.4 Å². The summed E-state index contributed by atoms with van der Waals surface area (Å²) in [5, 5.41) is 12.5. The molecule has 0 radical (unpaired) electrons. The lowest BCUT2D eigenvalue weighted by Gasteiger charge is -2.38. The molecule has 2 unspecified atom stereocenters. The molecule has 2 aliphatic rings. The Labute approximate surface area is 80.1 Å². The number of piperidine rings is 1. The molecular weight excluding hydrogens is 174 g/mol. The van der Waals surface area contributed by atoms with Crippen molar-refractivity contribution < 1.29 is 5.11 Å². The van der Waals surface area contributed by atoms with Crippen molar-refractivity contribution in [3.63, 3.8) is 0 Å². The molecular formula is C9H18ClNO. The standard InChI is InChI=1S/C9H17NO.ClH/c11-6-9-2-7-1-8(3-9)5-10-4-7;/h7-11H,1-6H2;1H. The van der Waals surface area contributed by atoms with Gasteiger partial charge in [-0.2, -0.15) is 0 Å². The third-order valence-electron chi connectivity index (χ3n) is 3.12. The lowest BCUT2D eigenvalue weighted by Crippen LogP contribution is -2.42. The molecule has 1 heterocycles. The van der Waals surface area contributed by atoms with Crippen molar-refractivity contribution in [1.82, 2.24) is 5.32 Å². The monoisotopic (exact) mass is 191 g/mol. The van der Waals surface area contributed by atoms with Gasteiger partial charge in [0.05, 0.1) is 0 Å². The summed E-state index contributed by atoms with van der Waals surface area (Å²) < 4.78 is 0. The van der Waals surface area contributed by atoms with Crippen molar-refractivity contribution in [2.45, 2.75) is 19.3 Å². The van der Waals surface area contributed by atoms with Crippen LogP contribution in [0, 0.1) is 17.8 Å². The predicted molar refractivity (Wildman–Crippen MR) is 51.5 cm³/mol. The van der Waals surface area contributed by atoms with Gasteiger partial charge in [0.15, 0.2) is 0 Å². The molecule has 1 aliphatic heterocycles. The van der Waals surface area contributed by atoms with Crippen molar-refractivity contribution in [3.05, 3.63) is 0 Å². The van der Waals surface area contributed by atoms with Crippen LogP contribution in [0.4, 0.5) is 0 Å². The van der Waals surface area contributed by atoms with Crippen molar-refractivity contribution in [3.8, 4) is 0 Å².